The molecule has 0 radical (unpaired) electrons. The first-order chi connectivity index (χ1) is 10.7. The molecular formula is C12H19N5O5S. The highest BCUT2D eigenvalue weighted by Crippen LogP contribution is 2.09. The van der Waals surface area contributed by atoms with Gasteiger partial charge in [0.2, 0.25) is 17.9 Å². The first kappa shape index (κ1) is 18.8. The van der Waals surface area contributed by atoms with E-state index in [0.717, 1.165) is 16.6 Å². The number of nitrogen functional groups attached to an aromatic ring is 1. The maximum absolute atomic E-state index is 11.1. The Labute approximate surface area is 137 Å². The topological polar surface area (TPSA) is 140 Å². The third-order valence-electron chi connectivity index (χ3n) is 2.13. The van der Waals surface area contributed by atoms with Crippen molar-refractivity contribution in [2.24, 2.45) is 5.16 Å². The Morgan fingerprint density at radius 2 is 2.22 bits per heavy atom. The van der Waals surface area contributed by atoms with Crippen molar-refractivity contribution in [3.63, 3.8) is 0 Å². The van der Waals surface area contributed by atoms with Crippen LogP contribution >= 0.6 is 11.5 Å². The molecule has 1 heterocycles. The molecule has 10 nitrogen and oxygen atoms in total. The predicted molar refractivity (Wildman–Crippen MR) is 82.7 cm³/mol. The van der Waals surface area contributed by atoms with Crippen LogP contribution in [-0.2, 0) is 19.3 Å². The molecule has 1 amide bonds. The standard InChI is InChI=1S/C12H19N5O5S/c1-12(2,3)22-17(7-18)5-4-6-21-15-8(10(19)20)9-14-11(13)23-16-9/h7H,4-6H2,1-3H3,(H,19,20)(H2,13,14,16). The van der Waals surface area contributed by atoms with E-state index in [4.69, 9.17) is 20.5 Å². The lowest BCUT2D eigenvalue weighted by Crippen LogP contribution is -2.34. The summed E-state index contributed by atoms with van der Waals surface area (Å²) in [6.07, 6.45) is 0.969. The molecule has 0 atom stereocenters. The van der Waals surface area contributed by atoms with Crippen LogP contribution in [0, 0.1) is 0 Å². The van der Waals surface area contributed by atoms with Gasteiger partial charge < -0.3 is 15.7 Å². The Balaban J connectivity index is 2.47. The van der Waals surface area contributed by atoms with Crippen LogP contribution in [0.25, 0.3) is 0 Å². The van der Waals surface area contributed by atoms with Gasteiger partial charge in [-0.15, -0.1) is 0 Å². The number of nitrogens with zero attached hydrogens (tertiary/aromatic N) is 4. The van der Waals surface area contributed by atoms with Crippen LogP contribution in [0.1, 0.15) is 33.0 Å². The molecule has 0 aliphatic heterocycles. The molecule has 0 aliphatic carbocycles. The molecule has 0 saturated carbocycles. The summed E-state index contributed by atoms with van der Waals surface area (Å²) in [5, 5.41) is 13.8. The predicted octanol–water partition coefficient (Wildman–Crippen LogP) is 0.504. The van der Waals surface area contributed by atoms with Crippen LogP contribution in [0.5, 0.6) is 0 Å². The Bertz CT molecular complexity index is 568. The zero-order valence-corrected chi connectivity index (χ0v) is 13.9. The minimum absolute atomic E-state index is 0.0915. The number of carbonyl (C=O) groups is 2. The van der Waals surface area contributed by atoms with Gasteiger partial charge in [0, 0.05) is 18.0 Å². The van der Waals surface area contributed by atoms with E-state index >= 15 is 0 Å². The van der Waals surface area contributed by atoms with E-state index in [1.54, 1.807) is 0 Å². The summed E-state index contributed by atoms with van der Waals surface area (Å²) in [4.78, 5) is 36.0. The number of carbonyl (C=O) groups excluding carboxylic acids is 1. The zero-order valence-electron chi connectivity index (χ0n) is 13.1. The number of hydrogen-bond acceptors (Lipinski definition) is 9. The number of anilines is 1. The van der Waals surface area contributed by atoms with E-state index in [0.29, 0.717) is 12.8 Å². The van der Waals surface area contributed by atoms with Crippen LogP contribution in [0.15, 0.2) is 5.16 Å². The highest BCUT2D eigenvalue weighted by Gasteiger charge is 2.19. The van der Waals surface area contributed by atoms with Gasteiger partial charge in [-0.3, -0.25) is 9.63 Å². The molecule has 0 spiro atoms. The van der Waals surface area contributed by atoms with E-state index in [-0.39, 0.29) is 24.1 Å². The van der Waals surface area contributed by atoms with Crippen LogP contribution in [0.4, 0.5) is 5.13 Å². The van der Waals surface area contributed by atoms with Gasteiger partial charge in [0.15, 0.2) is 5.13 Å². The number of rotatable bonds is 9. The van der Waals surface area contributed by atoms with Gasteiger partial charge in [-0.1, -0.05) is 5.16 Å². The van der Waals surface area contributed by atoms with Crippen molar-refractivity contribution in [1.29, 1.82) is 0 Å². The molecule has 11 heteroatoms. The number of carboxylic acids is 1. The molecule has 0 bridgehead atoms. The molecule has 1 aromatic rings. The molecule has 0 fully saturated rings. The number of hydroxylamine groups is 2. The Morgan fingerprint density at radius 1 is 1.52 bits per heavy atom. The van der Waals surface area contributed by atoms with Crippen LogP contribution in [0.3, 0.4) is 0 Å². The minimum atomic E-state index is -1.33. The van der Waals surface area contributed by atoms with E-state index < -0.39 is 17.3 Å². The maximum atomic E-state index is 11.1. The molecule has 23 heavy (non-hydrogen) atoms. The Hall–Kier alpha value is -2.27. The number of oxime groups is 1. The summed E-state index contributed by atoms with van der Waals surface area (Å²) < 4.78 is 3.76. The number of aliphatic carboxylic acids is 1. The monoisotopic (exact) mass is 345 g/mol. The van der Waals surface area contributed by atoms with Crippen molar-refractivity contribution in [2.45, 2.75) is 32.8 Å². The largest absolute Gasteiger partial charge is 0.476 e. The molecule has 0 saturated heterocycles. The minimum Gasteiger partial charge on any atom is -0.476 e. The van der Waals surface area contributed by atoms with E-state index in [1.165, 1.54) is 0 Å². The fourth-order valence-corrected chi connectivity index (χ4v) is 1.81. The van der Waals surface area contributed by atoms with Crippen LogP contribution in [0.2, 0.25) is 0 Å². The summed E-state index contributed by atoms with van der Waals surface area (Å²) in [6.45, 7) is 5.82. The SMILES string of the molecule is CC(C)(C)ON(C=O)CCCON=C(C(=O)O)c1nsc(N)n1. The first-order valence-electron chi connectivity index (χ1n) is 6.67. The first-order valence-corrected chi connectivity index (χ1v) is 7.44. The fraction of sp³-hybridized carbons (Fsp3) is 0.583. The second-order valence-corrected chi connectivity index (χ2v) is 6.12. The van der Waals surface area contributed by atoms with Crippen molar-refractivity contribution in [1.82, 2.24) is 14.4 Å². The van der Waals surface area contributed by atoms with Gasteiger partial charge in [-0.25, -0.2) is 9.86 Å². The van der Waals surface area contributed by atoms with Crippen molar-refractivity contribution >= 4 is 34.8 Å². The number of hydrogen-bond donors (Lipinski definition) is 2. The summed E-state index contributed by atoms with van der Waals surface area (Å²) in [5.74, 6) is -1.43. The van der Waals surface area contributed by atoms with E-state index in [9.17, 15) is 9.59 Å². The average Bonchev–Trinajstić information content (AvgIpc) is 2.85. The lowest BCUT2D eigenvalue weighted by atomic mass is 10.2. The molecule has 1 rings (SSSR count). The van der Waals surface area contributed by atoms with Crippen molar-refractivity contribution in [3.05, 3.63) is 5.82 Å². The molecule has 0 aromatic carbocycles. The quantitative estimate of drug-likeness (QED) is 0.285. The maximum Gasteiger partial charge on any atom is 0.362 e. The second kappa shape index (κ2) is 8.39. The van der Waals surface area contributed by atoms with Crippen molar-refractivity contribution in [3.8, 4) is 0 Å². The van der Waals surface area contributed by atoms with E-state index in [1.807, 2.05) is 20.8 Å². The Kier molecular flexibility index (Phi) is 6.85. The fourth-order valence-electron chi connectivity index (χ4n) is 1.37. The third kappa shape index (κ3) is 7.02. The molecule has 128 valence electrons. The van der Waals surface area contributed by atoms with Gasteiger partial charge in [-0.2, -0.15) is 9.36 Å². The van der Waals surface area contributed by atoms with E-state index in [2.05, 4.69) is 14.5 Å². The van der Waals surface area contributed by atoms with Gasteiger partial charge in [0.25, 0.3) is 0 Å². The van der Waals surface area contributed by atoms with Crippen molar-refractivity contribution < 1.29 is 24.4 Å². The average molecular weight is 345 g/mol. The highest BCUT2D eigenvalue weighted by atomic mass is 32.1. The highest BCUT2D eigenvalue weighted by molar-refractivity contribution is 7.09. The van der Waals surface area contributed by atoms with Gasteiger partial charge in [0.1, 0.15) is 6.61 Å². The summed E-state index contributed by atoms with van der Waals surface area (Å²) >= 11 is 0.861. The molecule has 3 N–H and O–H groups in total. The summed E-state index contributed by atoms with van der Waals surface area (Å²) in [6, 6.07) is 0. The molecule has 1 aromatic heterocycles. The third-order valence-corrected chi connectivity index (χ3v) is 2.68. The Morgan fingerprint density at radius 3 is 2.70 bits per heavy atom. The number of aromatic nitrogens is 2. The van der Waals surface area contributed by atoms with Gasteiger partial charge in [-0.05, 0) is 20.8 Å². The molecule has 0 aliphatic rings. The lowest BCUT2D eigenvalue weighted by molar-refractivity contribution is -0.216. The number of carboxylic acid groups (broad SMARTS) is 1. The van der Waals surface area contributed by atoms with Crippen LogP contribution < -0.4 is 5.73 Å². The van der Waals surface area contributed by atoms with Crippen molar-refractivity contribution in [2.75, 3.05) is 18.9 Å². The number of amides is 1. The smallest absolute Gasteiger partial charge is 0.362 e. The zero-order chi connectivity index (χ0) is 17.5. The van der Waals surface area contributed by atoms with Gasteiger partial charge >= 0.3 is 5.97 Å². The van der Waals surface area contributed by atoms with Crippen LogP contribution in [-0.4, -0.2) is 56.4 Å². The normalized spacial score (nSPS) is 12.0. The number of nitrogens with two attached hydrogens (primary N) is 1. The summed E-state index contributed by atoms with van der Waals surface area (Å²) in [7, 11) is 0. The molecule has 0 unspecified atom stereocenters. The second-order valence-electron chi connectivity index (χ2n) is 5.34. The lowest BCUT2D eigenvalue weighted by Gasteiger charge is -2.26. The summed E-state index contributed by atoms with van der Waals surface area (Å²) in [5.41, 5.74) is 4.47. The molecular weight excluding hydrogens is 326 g/mol. The van der Waals surface area contributed by atoms with Gasteiger partial charge in [0.05, 0.1) is 12.1 Å².